The number of ketones is 1. The molecule has 1 rings (SSSR count). The van der Waals surface area contributed by atoms with Gasteiger partial charge in [-0.25, -0.2) is 0 Å². The highest BCUT2D eigenvalue weighted by Gasteiger charge is 2.22. The summed E-state index contributed by atoms with van der Waals surface area (Å²) in [5.74, 6) is 0.0519. The number of hydrogen-bond acceptors (Lipinski definition) is 2. The Kier molecular flexibility index (Phi) is 3.30. The lowest BCUT2D eigenvalue weighted by Crippen LogP contribution is -2.20. The molecule has 0 fully saturated rings. The second kappa shape index (κ2) is 4.15. The predicted octanol–water partition coefficient (Wildman–Crippen LogP) is 3.29. The largest absolute Gasteiger partial charge is 0.294 e. The first kappa shape index (κ1) is 11.9. The zero-order valence-electron chi connectivity index (χ0n) is 9.00. The summed E-state index contributed by atoms with van der Waals surface area (Å²) in [4.78, 5) is 22.6. The minimum absolute atomic E-state index is 0.0519. The monoisotopic (exact) mass is 226 g/mol. The molecular weight excluding hydrogens is 214 g/mol. The third kappa shape index (κ3) is 2.90. The molecule has 0 aliphatic carbocycles. The van der Waals surface area contributed by atoms with Crippen LogP contribution in [0.15, 0.2) is 24.3 Å². The Morgan fingerprint density at radius 3 is 2.00 bits per heavy atom. The first-order chi connectivity index (χ1) is 6.82. The Morgan fingerprint density at radius 1 is 1.20 bits per heavy atom. The van der Waals surface area contributed by atoms with Crippen molar-refractivity contribution in [3.8, 4) is 0 Å². The summed E-state index contributed by atoms with van der Waals surface area (Å²) in [6, 6.07) is 6.38. The zero-order valence-corrected chi connectivity index (χ0v) is 9.76. The summed E-state index contributed by atoms with van der Waals surface area (Å²) in [6.45, 7) is 5.57. The van der Waals surface area contributed by atoms with Gasteiger partial charge in [-0.1, -0.05) is 32.9 Å². The van der Waals surface area contributed by atoms with Gasteiger partial charge in [0.25, 0.3) is 5.24 Å². The van der Waals surface area contributed by atoms with Gasteiger partial charge in [0.05, 0.1) is 0 Å². The average Bonchev–Trinajstić information content (AvgIpc) is 2.15. The summed E-state index contributed by atoms with van der Waals surface area (Å²) in [7, 11) is 0. The molecule has 0 aromatic heterocycles. The minimum Gasteiger partial charge on any atom is -0.294 e. The number of benzene rings is 1. The molecule has 0 amide bonds. The van der Waals surface area contributed by atoms with E-state index in [-0.39, 0.29) is 5.78 Å². The fraction of sp³-hybridized carbons (Fsp3) is 0.333. The molecule has 1 aromatic carbocycles. The van der Waals surface area contributed by atoms with Crippen LogP contribution in [0.25, 0.3) is 0 Å². The van der Waals surface area contributed by atoms with E-state index in [1.807, 2.05) is 20.8 Å². The molecule has 0 N–H and O–H groups in total. The molecule has 0 atom stereocenters. The predicted molar refractivity (Wildman–Crippen MR) is 60.4 cm³/mol. The second-order valence-electron chi connectivity index (χ2n) is 4.43. The van der Waals surface area contributed by atoms with Crippen LogP contribution >= 0.6 is 11.6 Å². The molecule has 2 nitrogen and oxygen atoms in total. The summed E-state index contributed by atoms with van der Waals surface area (Å²) in [6.07, 6.45) is 0. The van der Waals surface area contributed by atoms with Gasteiger partial charge >= 0.3 is 0 Å². The molecule has 3 heteroatoms. The Morgan fingerprint density at radius 2 is 1.67 bits per heavy atom. The van der Waals surface area contributed by atoms with E-state index in [2.05, 4.69) is 0 Å². The standard InChI is InChI=1S/C12H13ClO2/c1-12(2,3)10(14)8-4-6-9(7-5-8)11(13)15/h4-7H,1-3H3/i10+2. The lowest BCUT2D eigenvalue weighted by molar-refractivity contribution is 0.0858. The van der Waals surface area contributed by atoms with Gasteiger partial charge in [0.15, 0.2) is 5.78 Å². The highest BCUT2D eigenvalue weighted by molar-refractivity contribution is 6.67. The van der Waals surface area contributed by atoms with Crippen LogP contribution in [-0.4, -0.2) is 11.0 Å². The van der Waals surface area contributed by atoms with Crippen molar-refractivity contribution in [2.45, 2.75) is 20.8 Å². The quantitative estimate of drug-likeness (QED) is 0.573. The summed E-state index contributed by atoms with van der Waals surface area (Å²) in [5.41, 5.74) is 0.596. The van der Waals surface area contributed by atoms with Crippen molar-refractivity contribution >= 4 is 22.6 Å². The lowest BCUT2D eigenvalue weighted by Gasteiger charge is -2.16. The van der Waals surface area contributed by atoms with Crippen LogP contribution in [0.2, 0.25) is 0 Å². The van der Waals surface area contributed by atoms with Crippen LogP contribution in [0.3, 0.4) is 0 Å². The number of carbonyl (C=O) groups excluding carboxylic acids is 2. The van der Waals surface area contributed by atoms with Crippen LogP contribution in [0.5, 0.6) is 0 Å². The highest BCUT2D eigenvalue weighted by Crippen LogP contribution is 2.21. The molecule has 1 aromatic rings. The lowest BCUT2D eigenvalue weighted by atomic mass is 10.1. The van der Waals surface area contributed by atoms with Crippen LogP contribution in [0.4, 0.5) is 0 Å². The topological polar surface area (TPSA) is 34.1 Å². The van der Waals surface area contributed by atoms with Gasteiger partial charge in [-0.3, -0.25) is 9.59 Å². The summed E-state index contributed by atoms with van der Waals surface area (Å²) < 4.78 is 0. The molecule has 15 heavy (non-hydrogen) atoms. The van der Waals surface area contributed by atoms with Gasteiger partial charge in [0.2, 0.25) is 0 Å². The van der Waals surface area contributed by atoms with Crippen molar-refractivity contribution in [2.75, 3.05) is 0 Å². The molecule has 0 aliphatic heterocycles. The second-order valence-corrected chi connectivity index (χ2v) is 4.77. The fourth-order valence-electron chi connectivity index (χ4n) is 1.19. The third-order valence-corrected chi connectivity index (χ3v) is 2.27. The van der Waals surface area contributed by atoms with Gasteiger partial charge in [-0.2, -0.15) is 0 Å². The number of Topliss-reactive ketones (excluding diaryl/α,β-unsaturated/α-hetero) is 1. The maximum atomic E-state index is 11.8. The number of halogens is 1. The summed E-state index contributed by atoms with van der Waals surface area (Å²) in [5, 5.41) is -0.509. The number of hydrogen-bond donors (Lipinski definition) is 0. The first-order valence-corrected chi connectivity index (χ1v) is 5.05. The van der Waals surface area contributed by atoms with E-state index in [4.69, 9.17) is 11.6 Å². The van der Waals surface area contributed by atoms with Crippen molar-refractivity contribution in [1.29, 1.82) is 0 Å². The van der Waals surface area contributed by atoms with Crippen molar-refractivity contribution in [3.05, 3.63) is 35.4 Å². The molecule has 0 radical (unpaired) electrons. The van der Waals surface area contributed by atoms with Gasteiger partial charge in [-0.05, 0) is 23.7 Å². The highest BCUT2D eigenvalue weighted by atomic mass is 35.5. The molecule has 0 heterocycles. The molecule has 0 unspecified atom stereocenters. The van der Waals surface area contributed by atoms with E-state index < -0.39 is 10.7 Å². The molecule has 0 saturated carbocycles. The van der Waals surface area contributed by atoms with E-state index >= 15 is 0 Å². The maximum Gasteiger partial charge on any atom is 0.252 e. The average molecular weight is 227 g/mol. The van der Waals surface area contributed by atoms with Crippen LogP contribution < -0.4 is 0 Å². The fourth-order valence-corrected chi connectivity index (χ4v) is 1.31. The Balaban J connectivity index is 3.00. The molecule has 0 spiro atoms. The van der Waals surface area contributed by atoms with Gasteiger partial charge in [0.1, 0.15) is 0 Å². The van der Waals surface area contributed by atoms with Gasteiger partial charge in [-0.15, -0.1) is 0 Å². The zero-order chi connectivity index (χ0) is 11.6. The molecule has 0 bridgehead atoms. The Hall–Kier alpha value is -1.15. The Bertz CT molecular complexity index is 385. The number of rotatable bonds is 2. The van der Waals surface area contributed by atoms with Crippen molar-refractivity contribution < 1.29 is 9.59 Å². The third-order valence-electron chi connectivity index (χ3n) is 2.06. The number of carbonyl (C=O) groups is 2. The van der Waals surface area contributed by atoms with E-state index in [0.29, 0.717) is 11.1 Å². The normalized spacial score (nSPS) is 11.2. The minimum atomic E-state index is -0.509. The van der Waals surface area contributed by atoms with Crippen molar-refractivity contribution in [1.82, 2.24) is 0 Å². The van der Waals surface area contributed by atoms with Crippen molar-refractivity contribution in [3.63, 3.8) is 0 Å². The molecular formula is C12H13ClO2. The molecule has 0 aliphatic rings. The summed E-state index contributed by atoms with van der Waals surface area (Å²) >= 11 is 5.30. The van der Waals surface area contributed by atoms with Crippen LogP contribution in [0, 0.1) is 5.41 Å². The SMILES string of the molecule is CC(C)(C)[14C](=O)c1ccc(C(=O)Cl)cc1. The van der Waals surface area contributed by atoms with Crippen LogP contribution in [0.1, 0.15) is 41.5 Å². The van der Waals surface area contributed by atoms with Gasteiger partial charge in [0, 0.05) is 16.5 Å². The van der Waals surface area contributed by atoms with E-state index in [9.17, 15) is 9.59 Å². The van der Waals surface area contributed by atoms with E-state index in [1.54, 1.807) is 24.3 Å². The van der Waals surface area contributed by atoms with Crippen molar-refractivity contribution in [2.24, 2.45) is 5.41 Å². The van der Waals surface area contributed by atoms with E-state index in [0.717, 1.165) is 0 Å². The maximum absolute atomic E-state index is 11.8. The van der Waals surface area contributed by atoms with Gasteiger partial charge < -0.3 is 0 Å². The molecule has 80 valence electrons. The van der Waals surface area contributed by atoms with Crippen LogP contribution in [-0.2, 0) is 0 Å². The first-order valence-electron chi connectivity index (χ1n) is 4.67. The van der Waals surface area contributed by atoms with E-state index in [1.165, 1.54) is 0 Å². The smallest absolute Gasteiger partial charge is 0.252 e. The Labute approximate surface area is 94.2 Å². The molecule has 0 saturated heterocycles.